The average Bonchev–Trinajstić information content (AvgIpc) is 2.74. The number of nitrogens with zero attached hydrogens (tertiary/aromatic N) is 1. The highest BCUT2D eigenvalue weighted by atomic mass is 16.4. The fourth-order valence-corrected chi connectivity index (χ4v) is 3.26. The van der Waals surface area contributed by atoms with E-state index in [9.17, 15) is 9.59 Å². The quantitative estimate of drug-likeness (QED) is 0.759. The lowest BCUT2D eigenvalue weighted by Crippen LogP contribution is -2.49. The van der Waals surface area contributed by atoms with Crippen molar-refractivity contribution >= 4 is 12.0 Å². The lowest BCUT2D eigenvalue weighted by Gasteiger charge is -2.30. The summed E-state index contributed by atoms with van der Waals surface area (Å²) in [4.78, 5) is 24.8. The number of amides is 2. The number of urea groups is 1. The zero-order valence-corrected chi connectivity index (χ0v) is 13.8. The van der Waals surface area contributed by atoms with Crippen LogP contribution in [0.5, 0.6) is 0 Å². The highest BCUT2D eigenvalue weighted by Gasteiger charge is 2.33. The van der Waals surface area contributed by atoms with E-state index in [0.717, 1.165) is 6.42 Å². The van der Waals surface area contributed by atoms with Crippen LogP contribution in [0.15, 0.2) is 0 Å². The van der Waals surface area contributed by atoms with Gasteiger partial charge in [0.1, 0.15) is 0 Å². The fraction of sp³-hybridized carbons (Fsp3) is 0.875. The minimum absolute atomic E-state index is 0.0519. The molecule has 21 heavy (non-hydrogen) atoms. The number of aliphatic carboxylic acids is 1. The molecule has 122 valence electrons. The summed E-state index contributed by atoms with van der Waals surface area (Å²) < 4.78 is 0. The van der Waals surface area contributed by atoms with Gasteiger partial charge in [-0.2, -0.15) is 0 Å². The summed E-state index contributed by atoms with van der Waals surface area (Å²) in [6, 6.07) is 0.282. The van der Waals surface area contributed by atoms with Crippen molar-refractivity contribution < 1.29 is 14.7 Å². The third-order valence-corrected chi connectivity index (χ3v) is 4.73. The Morgan fingerprint density at radius 3 is 2.48 bits per heavy atom. The molecule has 0 bridgehead atoms. The molecule has 0 spiro atoms. The van der Waals surface area contributed by atoms with Gasteiger partial charge in [-0.3, -0.25) is 4.79 Å². The topological polar surface area (TPSA) is 69.6 Å². The highest BCUT2D eigenvalue weighted by molar-refractivity contribution is 5.75. The number of carboxylic acid groups (broad SMARTS) is 1. The first kappa shape index (κ1) is 17.8. The summed E-state index contributed by atoms with van der Waals surface area (Å²) in [6.07, 6.45) is 4.00. The van der Waals surface area contributed by atoms with E-state index in [1.165, 1.54) is 12.8 Å². The van der Waals surface area contributed by atoms with E-state index in [1.807, 2.05) is 13.8 Å². The van der Waals surface area contributed by atoms with Crippen LogP contribution in [-0.2, 0) is 4.79 Å². The lowest BCUT2D eigenvalue weighted by molar-refractivity contribution is -0.137. The molecular weight excluding hydrogens is 268 g/mol. The van der Waals surface area contributed by atoms with Crippen molar-refractivity contribution in [3.05, 3.63) is 0 Å². The molecule has 2 N–H and O–H groups in total. The van der Waals surface area contributed by atoms with Crippen LogP contribution < -0.4 is 5.32 Å². The van der Waals surface area contributed by atoms with Gasteiger partial charge in [0.15, 0.2) is 0 Å². The molecule has 3 unspecified atom stereocenters. The summed E-state index contributed by atoms with van der Waals surface area (Å²) in [5, 5.41) is 11.9. The second-order valence-electron chi connectivity index (χ2n) is 6.45. The highest BCUT2D eigenvalue weighted by Crippen LogP contribution is 2.33. The van der Waals surface area contributed by atoms with E-state index >= 15 is 0 Å². The number of hydrogen-bond acceptors (Lipinski definition) is 2. The van der Waals surface area contributed by atoms with Crippen molar-refractivity contribution in [2.75, 3.05) is 6.54 Å². The number of hydrogen-bond donors (Lipinski definition) is 2. The number of rotatable bonds is 7. The Kier molecular flexibility index (Phi) is 6.99. The Bertz CT molecular complexity index is 357. The molecule has 1 aliphatic carbocycles. The minimum Gasteiger partial charge on any atom is -0.481 e. The summed E-state index contributed by atoms with van der Waals surface area (Å²) in [6.45, 7) is 8.85. The van der Waals surface area contributed by atoms with Crippen molar-refractivity contribution in [3.63, 3.8) is 0 Å². The van der Waals surface area contributed by atoms with Crippen molar-refractivity contribution in [1.82, 2.24) is 10.2 Å². The predicted molar refractivity (Wildman–Crippen MR) is 83.2 cm³/mol. The van der Waals surface area contributed by atoms with E-state index in [2.05, 4.69) is 19.2 Å². The van der Waals surface area contributed by atoms with Gasteiger partial charge in [-0.1, -0.05) is 20.3 Å². The van der Waals surface area contributed by atoms with Gasteiger partial charge in [-0.25, -0.2) is 4.79 Å². The van der Waals surface area contributed by atoms with Crippen molar-refractivity contribution in [2.45, 2.75) is 71.9 Å². The number of nitrogens with one attached hydrogen (secondary N) is 1. The van der Waals surface area contributed by atoms with Crippen molar-refractivity contribution in [2.24, 2.45) is 11.8 Å². The lowest BCUT2D eigenvalue weighted by atomic mass is 9.93. The largest absolute Gasteiger partial charge is 0.481 e. The molecule has 1 saturated carbocycles. The van der Waals surface area contributed by atoms with Gasteiger partial charge < -0.3 is 15.3 Å². The molecular formula is C16H30N2O3. The molecule has 0 radical (unpaired) electrons. The van der Waals surface area contributed by atoms with Crippen LogP contribution in [0.4, 0.5) is 4.79 Å². The summed E-state index contributed by atoms with van der Waals surface area (Å²) in [7, 11) is 0. The van der Waals surface area contributed by atoms with Gasteiger partial charge in [-0.05, 0) is 44.9 Å². The molecule has 0 aromatic rings. The Morgan fingerprint density at radius 2 is 2.00 bits per heavy atom. The van der Waals surface area contributed by atoms with E-state index in [4.69, 9.17) is 5.11 Å². The van der Waals surface area contributed by atoms with E-state index in [-0.39, 0.29) is 24.5 Å². The minimum atomic E-state index is -0.811. The molecule has 3 atom stereocenters. The molecule has 0 saturated heterocycles. The van der Waals surface area contributed by atoms with Gasteiger partial charge in [0.2, 0.25) is 0 Å². The maximum absolute atomic E-state index is 12.4. The van der Waals surface area contributed by atoms with Crippen molar-refractivity contribution in [1.29, 1.82) is 0 Å². The number of carbonyl (C=O) groups is 2. The first-order chi connectivity index (χ1) is 9.86. The van der Waals surface area contributed by atoms with Gasteiger partial charge in [0, 0.05) is 25.0 Å². The van der Waals surface area contributed by atoms with Crippen LogP contribution in [0, 0.1) is 11.8 Å². The van der Waals surface area contributed by atoms with Crippen LogP contribution >= 0.6 is 0 Å². The SMILES string of the molecule is CCC1CCC(NC(=O)N(CCCC(=O)O)C(C)C)C1C. The van der Waals surface area contributed by atoms with Crippen molar-refractivity contribution in [3.8, 4) is 0 Å². The molecule has 0 aliphatic heterocycles. The average molecular weight is 298 g/mol. The van der Waals surface area contributed by atoms with Crippen LogP contribution in [0.2, 0.25) is 0 Å². The van der Waals surface area contributed by atoms with Crippen LogP contribution in [0.25, 0.3) is 0 Å². The third kappa shape index (κ3) is 5.21. The van der Waals surface area contributed by atoms with E-state index in [1.54, 1.807) is 4.90 Å². The van der Waals surface area contributed by atoms with Gasteiger partial charge in [0.05, 0.1) is 0 Å². The Morgan fingerprint density at radius 1 is 1.33 bits per heavy atom. The van der Waals surface area contributed by atoms with Gasteiger partial charge in [0.25, 0.3) is 0 Å². The maximum atomic E-state index is 12.4. The molecule has 1 rings (SSSR count). The molecule has 5 nitrogen and oxygen atoms in total. The Labute approximate surface area is 128 Å². The molecule has 0 heterocycles. The summed E-state index contributed by atoms with van der Waals surface area (Å²) in [5.74, 6) is 0.413. The standard InChI is InChI=1S/C16H30N2O3/c1-5-13-8-9-14(12(13)4)17-16(21)18(11(2)3)10-6-7-15(19)20/h11-14H,5-10H2,1-4H3,(H,17,21)(H,19,20). The number of carboxylic acids is 1. The maximum Gasteiger partial charge on any atom is 0.317 e. The normalized spacial score (nSPS) is 25.1. The molecule has 1 aliphatic rings. The molecule has 0 aromatic carbocycles. The van der Waals surface area contributed by atoms with Crippen LogP contribution in [0.3, 0.4) is 0 Å². The Balaban J connectivity index is 2.51. The predicted octanol–water partition coefficient (Wildman–Crippen LogP) is 3.10. The third-order valence-electron chi connectivity index (χ3n) is 4.73. The molecule has 2 amide bonds. The fourth-order valence-electron chi connectivity index (χ4n) is 3.26. The Hall–Kier alpha value is -1.26. The van der Waals surface area contributed by atoms with E-state index < -0.39 is 5.97 Å². The van der Waals surface area contributed by atoms with E-state index in [0.29, 0.717) is 24.8 Å². The smallest absolute Gasteiger partial charge is 0.317 e. The van der Waals surface area contributed by atoms with Gasteiger partial charge >= 0.3 is 12.0 Å². The van der Waals surface area contributed by atoms with Crippen LogP contribution in [-0.4, -0.2) is 40.6 Å². The second kappa shape index (κ2) is 8.25. The zero-order valence-electron chi connectivity index (χ0n) is 13.8. The summed E-state index contributed by atoms with van der Waals surface area (Å²) in [5.41, 5.74) is 0. The first-order valence-electron chi connectivity index (χ1n) is 8.15. The first-order valence-corrected chi connectivity index (χ1v) is 8.15. The van der Waals surface area contributed by atoms with Gasteiger partial charge in [-0.15, -0.1) is 0 Å². The van der Waals surface area contributed by atoms with Crippen LogP contribution in [0.1, 0.15) is 59.8 Å². The monoisotopic (exact) mass is 298 g/mol. The number of carbonyl (C=O) groups excluding carboxylic acids is 1. The zero-order chi connectivity index (χ0) is 16.0. The molecule has 0 aromatic heterocycles. The second-order valence-corrected chi connectivity index (χ2v) is 6.45. The summed E-state index contributed by atoms with van der Waals surface area (Å²) >= 11 is 0. The molecule has 1 fully saturated rings. The molecule has 5 heteroatoms.